The second kappa shape index (κ2) is 6.55. The number of likely N-dealkylation sites (tertiary alicyclic amines) is 1. The van der Waals surface area contributed by atoms with Gasteiger partial charge in [-0.1, -0.05) is 19.1 Å². The zero-order chi connectivity index (χ0) is 14.5. The largest absolute Gasteiger partial charge is 0.322 e. The average Bonchev–Trinajstić information content (AvgIpc) is 2.47. The first kappa shape index (κ1) is 14.6. The Balaban J connectivity index is 2.06. The molecular weight excluding hydrogens is 252 g/mol. The summed E-state index contributed by atoms with van der Waals surface area (Å²) in [6.45, 7) is 4.46. The molecule has 1 aromatic carbocycles. The van der Waals surface area contributed by atoms with Crippen molar-refractivity contribution in [3.63, 3.8) is 0 Å². The van der Waals surface area contributed by atoms with E-state index in [-0.39, 0.29) is 11.8 Å². The average molecular weight is 274 g/mol. The molecular formula is C16H22N2O2. The van der Waals surface area contributed by atoms with Crippen molar-refractivity contribution in [2.45, 2.75) is 45.6 Å². The van der Waals surface area contributed by atoms with Crippen LogP contribution in [0.1, 0.15) is 49.9 Å². The number of rotatable bonds is 3. The van der Waals surface area contributed by atoms with Gasteiger partial charge in [0.2, 0.25) is 0 Å². The van der Waals surface area contributed by atoms with Gasteiger partial charge in [0.05, 0.1) is 0 Å². The molecule has 0 spiro atoms. The highest BCUT2D eigenvalue weighted by Crippen LogP contribution is 2.21. The van der Waals surface area contributed by atoms with Crippen molar-refractivity contribution < 1.29 is 9.59 Å². The smallest absolute Gasteiger partial charge is 0.322 e. The molecule has 1 saturated heterocycles. The summed E-state index contributed by atoms with van der Waals surface area (Å²) in [4.78, 5) is 25.6. The molecule has 0 aliphatic carbocycles. The molecule has 1 aromatic rings. The molecule has 1 aliphatic rings. The van der Waals surface area contributed by atoms with Gasteiger partial charge in [0, 0.05) is 23.8 Å². The first-order chi connectivity index (χ1) is 9.61. The fraction of sp³-hybridized carbons (Fsp3) is 0.500. The van der Waals surface area contributed by atoms with Gasteiger partial charge < -0.3 is 10.2 Å². The molecule has 2 amide bonds. The number of carbonyl (C=O) groups excluding carboxylic acids is 2. The highest BCUT2D eigenvalue weighted by atomic mass is 16.2. The molecule has 0 aromatic heterocycles. The van der Waals surface area contributed by atoms with E-state index in [1.165, 1.54) is 13.3 Å². The number of anilines is 1. The number of ketones is 1. The zero-order valence-corrected chi connectivity index (χ0v) is 12.2. The molecule has 2 rings (SSSR count). The maximum Gasteiger partial charge on any atom is 0.322 e. The van der Waals surface area contributed by atoms with E-state index >= 15 is 0 Å². The van der Waals surface area contributed by atoms with Gasteiger partial charge in [0.15, 0.2) is 5.78 Å². The van der Waals surface area contributed by atoms with E-state index in [0.29, 0.717) is 17.3 Å². The number of nitrogens with one attached hydrogen (secondary N) is 1. The Morgan fingerprint density at radius 1 is 1.35 bits per heavy atom. The predicted octanol–water partition coefficient (Wildman–Crippen LogP) is 3.69. The van der Waals surface area contributed by atoms with Crippen molar-refractivity contribution in [1.29, 1.82) is 0 Å². The summed E-state index contributed by atoms with van der Waals surface area (Å²) in [7, 11) is 0. The molecule has 4 heteroatoms. The number of nitrogens with zero attached hydrogens (tertiary/aromatic N) is 1. The van der Waals surface area contributed by atoms with Gasteiger partial charge >= 0.3 is 6.03 Å². The van der Waals surface area contributed by atoms with Crippen LogP contribution in [-0.2, 0) is 0 Å². The quantitative estimate of drug-likeness (QED) is 0.855. The van der Waals surface area contributed by atoms with Crippen molar-refractivity contribution in [2.75, 3.05) is 11.9 Å². The van der Waals surface area contributed by atoms with Gasteiger partial charge in [-0.25, -0.2) is 4.79 Å². The summed E-state index contributed by atoms with van der Waals surface area (Å²) in [5.74, 6) is 0.00510. The van der Waals surface area contributed by atoms with E-state index in [2.05, 4.69) is 12.2 Å². The summed E-state index contributed by atoms with van der Waals surface area (Å²) in [5, 5.41) is 2.91. The van der Waals surface area contributed by atoms with Crippen LogP contribution in [0.5, 0.6) is 0 Å². The van der Waals surface area contributed by atoms with E-state index in [1.54, 1.807) is 18.2 Å². The maximum atomic E-state index is 12.3. The van der Waals surface area contributed by atoms with Crippen molar-refractivity contribution >= 4 is 17.5 Å². The highest BCUT2D eigenvalue weighted by molar-refractivity contribution is 5.96. The third kappa shape index (κ3) is 3.38. The Morgan fingerprint density at radius 2 is 2.15 bits per heavy atom. The van der Waals surface area contributed by atoms with Gasteiger partial charge in [0.1, 0.15) is 0 Å². The molecule has 4 nitrogen and oxygen atoms in total. The van der Waals surface area contributed by atoms with E-state index in [0.717, 1.165) is 25.8 Å². The van der Waals surface area contributed by atoms with E-state index < -0.39 is 0 Å². The zero-order valence-electron chi connectivity index (χ0n) is 12.2. The molecule has 1 atom stereocenters. The molecule has 0 unspecified atom stereocenters. The Kier molecular flexibility index (Phi) is 4.77. The number of benzene rings is 1. The van der Waals surface area contributed by atoms with E-state index in [4.69, 9.17) is 0 Å². The molecule has 1 heterocycles. The van der Waals surface area contributed by atoms with Crippen LogP contribution in [0.25, 0.3) is 0 Å². The Hall–Kier alpha value is -1.84. The van der Waals surface area contributed by atoms with Gasteiger partial charge in [-0.3, -0.25) is 4.79 Å². The topological polar surface area (TPSA) is 49.4 Å². The van der Waals surface area contributed by atoms with Crippen molar-refractivity contribution in [2.24, 2.45) is 0 Å². The lowest BCUT2D eigenvalue weighted by Gasteiger charge is -2.35. The molecule has 0 bridgehead atoms. The number of hydrogen-bond donors (Lipinski definition) is 1. The third-order valence-electron chi connectivity index (χ3n) is 3.88. The van der Waals surface area contributed by atoms with Crippen LogP contribution >= 0.6 is 0 Å². The molecule has 20 heavy (non-hydrogen) atoms. The van der Waals surface area contributed by atoms with Crippen LogP contribution in [0.15, 0.2) is 24.3 Å². The highest BCUT2D eigenvalue weighted by Gasteiger charge is 2.25. The lowest BCUT2D eigenvalue weighted by molar-refractivity contribution is 0.101. The van der Waals surface area contributed by atoms with Crippen LogP contribution < -0.4 is 5.32 Å². The lowest BCUT2D eigenvalue weighted by atomic mass is 10.0. The van der Waals surface area contributed by atoms with Gasteiger partial charge in [0.25, 0.3) is 0 Å². The fourth-order valence-electron chi connectivity index (χ4n) is 2.70. The summed E-state index contributed by atoms with van der Waals surface area (Å²) in [6.07, 6.45) is 4.33. The minimum absolute atomic E-state index is 0.00510. The Morgan fingerprint density at radius 3 is 2.85 bits per heavy atom. The van der Waals surface area contributed by atoms with Crippen LogP contribution in [0.4, 0.5) is 10.5 Å². The van der Waals surface area contributed by atoms with Crippen LogP contribution in [0.2, 0.25) is 0 Å². The monoisotopic (exact) mass is 274 g/mol. The van der Waals surface area contributed by atoms with E-state index in [1.807, 2.05) is 11.0 Å². The number of carbonyl (C=O) groups is 2. The van der Waals surface area contributed by atoms with Crippen LogP contribution in [-0.4, -0.2) is 29.3 Å². The van der Waals surface area contributed by atoms with Crippen LogP contribution in [0, 0.1) is 0 Å². The number of Topliss-reactive ketones (excluding diaryl/α,β-unsaturated/α-hetero) is 1. The Labute approximate surface area is 120 Å². The van der Waals surface area contributed by atoms with Crippen LogP contribution in [0.3, 0.4) is 0 Å². The number of amides is 2. The van der Waals surface area contributed by atoms with Crippen molar-refractivity contribution in [3.8, 4) is 0 Å². The molecule has 1 N–H and O–H groups in total. The van der Waals surface area contributed by atoms with Gasteiger partial charge in [-0.2, -0.15) is 0 Å². The van der Waals surface area contributed by atoms with Crippen molar-refractivity contribution in [1.82, 2.24) is 4.90 Å². The minimum Gasteiger partial charge on any atom is -0.322 e. The van der Waals surface area contributed by atoms with Gasteiger partial charge in [-0.15, -0.1) is 0 Å². The number of urea groups is 1. The molecule has 0 saturated carbocycles. The maximum absolute atomic E-state index is 12.3. The first-order valence-corrected chi connectivity index (χ1v) is 7.30. The molecule has 1 aliphatic heterocycles. The second-order valence-corrected chi connectivity index (χ2v) is 5.32. The predicted molar refractivity (Wildman–Crippen MR) is 80.1 cm³/mol. The molecule has 0 radical (unpaired) electrons. The fourth-order valence-corrected chi connectivity index (χ4v) is 2.70. The summed E-state index contributed by atoms with van der Waals surface area (Å²) in [5.41, 5.74) is 1.30. The molecule has 1 fully saturated rings. The Bertz CT molecular complexity index is 499. The number of piperidine rings is 1. The first-order valence-electron chi connectivity index (χ1n) is 7.30. The summed E-state index contributed by atoms with van der Waals surface area (Å²) >= 11 is 0. The SMILES string of the molecule is CC[C@@H]1CCCCN1C(=O)Nc1cccc(C(C)=O)c1. The van der Waals surface area contributed by atoms with Gasteiger partial charge in [-0.05, 0) is 44.7 Å². The standard InChI is InChI=1S/C16H22N2O2/c1-3-15-9-4-5-10-18(15)16(20)17-14-8-6-7-13(11-14)12(2)19/h6-8,11,15H,3-5,9-10H2,1-2H3,(H,17,20)/t15-/m1/s1. The normalized spacial score (nSPS) is 18.7. The summed E-state index contributed by atoms with van der Waals surface area (Å²) < 4.78 is 0. The number of hydrogen-bond acceptors (Lipinski definition) is 2. The lowest BCUT2D eigenvalue weighted by Crippen LogP contribution is -2.45. The third-order valence-corrected chi connectivity index (χ3v) is 3.88. The van der Waals surface area contributed by atoms with E-state index in [9.17, 15) is 9.59 Å². The molecule has 108 valence electrons. The second-order valence-electron chi connectivity index (χ2n) is 5.32. The summed E-state index contributed by atoms with van der Waals surface area (Å²) in [6, 6.07) is 7.37. The van der Waals surface area contributed by atoms with Crippen molar-refractivity contribution in [3.05, 3.63) is 29.8 Å². The minimum atomic E-state index is -0.0581.